The Bertz CT molecular complexity index is 1550. The van der Waals surface area contributed by atoms with Gasteiger partial charge in [-0.15, -0.1) is 0 Å². The third-order valence-corrected chi connectivity index (χ3v) is 6.08. The zero-order valence-electron chi connectivity index (χ0n) is 21.1. The van der Waals surface area contributed by atoms with Gasteiger partial charge in [-0.2, -0.15) is 0 Å². The molecule has 3 heterocycles. The van der Waals surface area contributed by atoms with Gasteiger partial charge < -0.3 is 0 Å². The van der Waals surface area contributed by atoms with E-state index in [1.807, 2.05) is 18.5 Å². The average molecular weight is 649 g/mol. The Morgan fingerprint density at radius 2 is 1.16 bits per heavy atom. The minimum absolute atomic E-state index is 0.865. The number of rotatable bonds is 6. The standard InChI is InChI=1S/C31H27N3.3ClH.Ru/c1-3-22-13-15-32-28(18-22)30-19-23(4-2)20-31(34-30)29-21-25(14-16-33-29)10-9-24-11-12-26-7-5-6-8-27(26)17-24;;;;/h5-21H,3-4H2,1-2H3;3*1H;/q;;;;+3/p-3/b10-9+;;;;. The van der Waals surface area contributed by atoms with Crippen LogP contribution < -0.4 is 0 Å². The molecular weight excluding hydrogens is 622 g/mol. The quantitative estimate of drug-likeness (QED) is 0.172. The Balaban J connectivity index is 0.000000786. The molecule has 0 unspecified atom stereocenters. The summed E-state index contributed by atoms with van der Waals surface area (Å²) in [5, 5.41) is 2.50. The first-order valence-electron chi connectivity index (χ1n) is 12.2. The first-order valence-corrected chi connectivity index (χ1v) is 18.9. The van der Waals surface area contributed by atoms with E-state index in [4.69, 9.17) is 34.1 Å². The van der Waals surface area contributed by atoms with E-state index < -0.39 is 13.0 Å². The number of nitrogens with zero attached hydrogens (tertiary/aromatic N) is 3. The summed E-state index contributed by atoms with van der Waals surface area (Å²) in [7, 11) is 14.8. The van der Waals surface area contributed by atoms with Gasteiger partial charge in [-0.25, -0.2) is 4.98 Å². The molecule has 195 valence electrons. The van der Waals surface area contributed by atoms with Gasteiger partial charge in [0, 0.05) is 12.4 Å². The Morgan fingerprint density at radius 1 is 0.605 bits per heavy atom. The maximum atomic E-state index is 4.95. The third-order valence-electron chi connectivity index (χ3n) is 6.08. The van der Waals surface area contributed by atoms with Crippen LogP contribution in [0.2, 0.25) is 0 Å². The predicted molar refractivity (Wildman–Crippen MR) is 160 cm³/mol. The van der Waals surface area contributed by atoms with E-state index in [0.29, 0.717) is 0 Å². The SMILES string of the molecule is CCc1ccnc(-c2cc(CC)cc(-c3cc(/C=C/c4ccc5ccccc5c4)ccn3)n2)c1.[Cl][Ru]([Cl])[Cl]. The van der Waals surface area contributed by atoms with Crippen molar-refractivity contribution >= 4 is 52.0 Å². The molecule has 0 saturated carbocycles. The second-order valence-electron chi connectivity index (χ2n) is 8.57. The normalized spacial score (nSPS) is 11.3. The van der Waals surface area contributed by atoms with Gasteiger partial charge in [-0.3, -0.25) is 9.97 Å². The first kappa shape index (κ1) is 28.4. The number of hydrogen-bond donors (Lipinski definition) is 0. The molecule has 0 aliphatic carbocycles. The summed E-state index contributed by atoms with van der Waals surface area (Å²) in [5.74, 6) is 0. The van der Waals surface area contributed by atoms with Gasteiger partial charge in [0.15, 0.2) is 0 Å². The molecule has 0 N–H and O–H groups in total. The van der Waals surface area contributed by atoms with Crippen molar-refractivity contribution in [2.75, 3.05) is 0 Å². The summed E-state index contributed by atoms with van der Waals surface area (Å²) in [6.45, 7) is 4.32. The fourth-order valence-electron chi connectivity index (χ4n) is 4.08. The van der Waals surface area contributed by atoms with Crippen molar-refractivity contribution in [2.24, 2.45) is 0 Å². The molecule has 0 saturated heterocycles. The molecule has 3 aromatic heterocycles. The molecule has 0 aliphatic rings. The molecular formula is C31H27Cl3N3Ru. The van der Waals surface area contributed by atoms with Gasteiger partial charge in [0.05, 0.1) is 22.8 Å². The zero-order chi connectivity index (χ0) is 26.9. The van der Waals surface area contributed by atoms with Crippen LogP contribution in [0.15, 0.2) is 91.3 Å². The van der Waals surface area contributed by atoms with Gasteiger partial charge in [0.1, 0.15) is 0 Å². The van der Waals surface area contributed by atoms with Gasteiger partial charge in [-0.05, 0) is 88.3 Å². The molecule has 5 aromatic rings. The number of hydrogen-bond acceptors (Lipinski definition) is 3. The van der Waals surface area contributed by atoms with Gasteiger partial charge >= 0.3 is 42.1 Å². The number of pyridine rings is 3. The first-order chi connectivity index (χ1) is 18.4. The van der Waals surface area contributed by atoms with E-state index in [-0.39, 0.29) is 0 Å². The van der Waals surface area contributed by atoms with Crippen molar-refractivity contribution in [3.8, 4) is 22.8 Å². The number of halogens is 3. The van der Waals surface area contributed by atoms with Crippen molar-refractivity contribution in [1.29, 1.82) is 0 Å². The van der Waals surface area contributed by atoms with Crippen LogP contribution >= 0.6 is 29.1 Å². The molecule has 7 heteroatoms. The number of aryl methyl sites for hydroxylation is 2. The van der Waals surface area contributed by atoms with Crippen molar-refractivity contribution in [2.45, 2.75) is 26.7 Å². The summed E-state index contributed by atoms with van der Waals surface area (Å²) in [6.07, 6.45) is 9.90. The molecule has 0 radical (unpaired) electrons. The van der Waals surface area contributed by atoms with E-state index in [2.05, 4.69) is 109 Å². The summed E-state index contributed by atoms with van der Waals surface area (Å²) in [4.78, 5) is 14.2. The fraction of sp³-hybridized carbons (Fsp3) is 0.129. The van der Waals surface area contributed by atoms with Crippen LogP contribution in [0.5, 0.6) is 0 Å². The summed E-state index contributed by atoms with van der Waals surface area (Å²) in [5.41, 5.74) is 8.29. The molecule has 0 aliphatic heterocycles. The fourth-order valence-corrected chi connectivity index (χ4v) is 4.08. The van der Waals surface area contributed by atoms with Gasteiger partial charge in [-0.1, -0.05) is 62.4 Å². The minimum atomic E-state index is -1.75. The molecule has 3 nitrogen and oxygen atoms in total. The van der Waals surface area contributed by atoms with E-state index in [9.17, 15) is 0 Å². The van der Waals surface area contributed by atoms with Crippen molar-refractivity contribution in [1.82, 2.24) is 15.0 Å². The average Bonchev–Trinajstić information content (AvgIpc) is 2.95. The van der Waals surface area contributed by atoms with E-state index in [1.165, 1.54) is 27.5 Å². The zero-order valence-corrected chi connectivity index (χ0v) is 25.1. The van der Waals surface area contributed by atoms with Crippen LogP contribution in [0.25, 0.3) is 45.7 Å². The second-order valence-corrected chi connectivity index (χ2v) is 16.5. The van der Waals surface area contributed by atoms with Gasteiger partial charge in [0.25, 0.3) is 0 Å². The Morgan fingerprint density at radius 3 is 1.82 bits per heavy atom. The maximum absolute atomic E-state index is 4.95. The molecule has 0 atom stereocenters. The van der Waals surface area contributed by atoms with Crippen LogP contribution in [-0.2, 0) is 25.8 Å². The summed E-state index contributed by atoms with van der Waals surface area (Å²) in [6, 6.07) is 27.5. The topological polar surface area (TPSA) is 38.7 Å². The van der Waals surface area contributed by atoms with E-state index >= 15 is 0 Å². The monoisotopic (exact) mass is 648 g/mol. The number of aromatic nitrogens is 3. The Kier molecular flexibility index (Phi) is 10.4. The van der Waals surface area contributed by atoms with Crippen molar-refractivity contribution in [3.05, 3.63) is 114 Å². The Labute approximate surface area is 241 Å². The second kappa shape index (κ2) is 14.0. The van der Waals surface area contributed by atoms with E-state index in [0.717, 1.165) is 41.2 Å². The van der Waals surface area contributed by atoms with Crippen LogP contribution in [0.1, 0.15) is 36.1 Å². The van der Waals surface area contributed by atoms with Crippen molar-refractivity contribution in [3.63, 3.8) is 0 Å². The van der Waals surface area contributed by atoms with Crippen LogP contribution in [0.3, 0.4) is 0 Å². The van der Waals surface area contributed by atoms with E-state index in [1.54, 1.807) is 0 Å². The molecule has 0 spiro atoms. The third kappa shape index (κ3) is 7.94. The molecule has 0 bridgehead atoms. The Hall–Kier alpha value is -2.62. The van der Waals surface area contributed by atoms with Crippen LogP contribution in [-0.4, -0.2) is 15.0 Å². The molecule has 2 aromatic carbocycles. The number of benzene rings is 2. The van der Waals surface area contributed by atoms with Crippen molar-refractivity contribution < 1.29 is 13.0 Å². The molecule has 0 fully saturated rings. The molecule has 38 heavy (non-hydrogen) atoms. The summed E-state index contributed by atoms with van der Waals surface area (Å²) < 4.78 is 0. The number of fused-ring (bicyclic) bond motifs is 1. The van der Waals surface area contributed by atoms with Gasteiger partial charge in [0.2, 0.25) is 0 Å². The van der Waals surface area contributed by atoms with Crippen LogP contribution in [0, 0.1) is 0 Å². The predicted octanol–water partition coefficient (Wildman–Crippen LogP) is 9.72. The molecule has 5 rings (SSSR count). The summed E-state index contributed by atoms with van der Waals surface area (Å²) >= 11 is -1.75. The van der Waals surface area contributed by atoms with Crippen LogP contribution in [0.4, 0.5) is 0 Å². The molecule has 0 amide bonds.